The van der Waals surface area contributed by atoms with Gasteiger partial charge in [0.15, 0.2) is 0 Å². The Morgan fingerprint density at radius 3 is 1.38 bits per heavy atom. The number of para-hydroxylation sites is 2. The number of hydrogen-bond donors (Lipinski definition) is 0. The number of ether oxygens (including phenoxy) is 2. The lowest BCUT2D eigenvalue weighted by atomic mass is 10.1. The van der Waals surface area contributed by atoms with Gasteiger partial charge in [0, 0.05) is 17.2 Å². The molecule has 194 valence electrons. The quantitative estimate of drug-likeness (QED) is 0.187. The summed E-state index contributed by atoms with van der Waals surface area (Å²) >= 11 is 3.43. The second-order valence-electron chi connectivity index (χ2n) is 9.42. The summed E-state index contributed by atoms with van der Waals surface area (Å²) in [6.45, 7) is 0.966. The predicted molar refractivity (Wildman–Crippen MR) is 165 cm³/mol. The molecule has 0 aliphatic rings. The van der Waals surface area contributed by atoms with Crippen LogP contribution in [0.25, 0.3) is 41.6 Å². The van der Waals surface area contributed by atoms with Crippen LogP contribution in [-0.4, -0.2) is 9.97 Å². The molecular formula is C34H24N2O2S2. The van der Waals surface area contributed by atoms with Crippen molar-refractivity contribution in [1.82, 2.24) is 9.97 Å². The number of thiazole rings is 2. The second-order valence-corrected chi connectivity index (χ2v) is 11.5. The van der Waals surface area contributed by atoms with Gasteiger partial charge in [-0.25, -0.2) is 9.97 Å². The minimum atomic E-state index is 0.483. The van der Waals surface area contributed by atoms with E-state index in [1.807, 2.05) is 48.5 Å². The lowest BCUT2D eigenvalue weighted by Crippen LogP contribution is -1.98. The molecule has 6 heteroatoms. The third-order valence-corrected chi connectivity index (χ3v) is 8.78. The van der Waals surface area contributed by atoms with Gasteiger partial charge in [0.1, 0.15) is 34.7 Å². The van der Waals surface area contributed by atoms with E-state index in [0.717, 1.165) is 54.8 Å². The highest BCUT2D eigenvalue weighted by molar-refractivity contribution is 7.22. The summed E-state index contributed by atoms with van der Waals surface area (Å²) in [6, 6.07) is 41.1. The van der Waals surface area contributed by atoms with Crippen LogP contribution < -0.4 is 9.47 Å². The molecule has 0 saturated heterocycles. The molecule has 0 aliphatic carbocycles. The van der Waals surface area contributed by atoms with Gasteiger partial charge in [-0.2, -0.15) is 0 Å². The Bertz CT molecular complexity index is 1700. The van der Waals surface area contributed by atoms with Crippen molar-refractivity contribution in [3.05, 3.63) is 132 Å². The third-order valence-electron chi connectivity index (χ3n) is 6.61. The van der Waals surface area contributed by atoms with Crippen molar-refractivity contribution < 1.29 is 9.47 Å². The van der Waals surface area contributed by atoms with Crippen LogP contribution in [0.1, 0.15) is 11.1 Å². The molecule has 40 heavy (non-hydrogen) atoms. The van der Waals surface area contributed by atoms with Crippen molar-refractivity contribution in [3.63, 3.8) is 0 Å². The molecule has 0 spiro atoms. The van der Waals surface area contributed by atoms with Gasteiger partial charge in [-0.1, -0.05) is 78.9 Å². The molecular weight excluding hydrogens is 533 g/mol. The number of fused-ring (bicyclic) bond motifs is 2. The van der Waals surface area contributed by atoms with Crippen LogP contribution in [0.3, 0.4) is 0 Å². The first-order valence-corrected chi connectivity index (χ1v) is 14.7. The summed E-state index contributed by atoms with van der Waals surface area (Å²) in [5.74, 6) is 1.55. The normalized spacial score (nSPS) is 11.2. The summed E-state index contributed by atoms with van der Waals surface area (Å²) in [7, 11) is 0. The lowest BCUT2D eigenvalue weighted by Gasteiger charge is -2.10. The number of rotatable bonds is 8. The molecule has 0 bridgehead atoms. The van der Waals surface area contributed by atoms with E-state index in [0.29, 0.717) is 13.2 Å². The SMILES string of the molecule is c1cc(OCc2ccc(-c3nc4ccccc4s3)cc2)cc(OCc2ccc(-c3nc4ccccc4s3)cc2)c1. The fraction of sp³-hybridized carbons (Fsp3) is 0.0588. The maximum absolute atomic E-state index is 6.07. The van der Waals surface area contributed by atoms with Crippen LogP contribution in [0, 0.1) is 0 Å². The van der Waals surface area contributed by atoms with Crippen molar-refractivity contribution in [2.24, 2.45) is 0 Å². The van der Waals surface area contributed by atoms with Gasteiger partial charge in [0.05, 0.1) is 20.4 Å². The van der Waals surface area contributed by atoms with E-state index in [-0.39, 0.29) is 0 Å². The molecule has 0 N–H and O–H groups in total. The van der Waals surface area contributed by atoms with Crippen molar-refractivity contribution >= 4 is 43.1 Å². The standard InChI is InChI=1S/C34H24N2O2S2/c1-3-10-31-29(8-1)35-33(39-31)25-16-12-23(13-17-25)21-37-27-6-5-7-28(20-27)38-22-24-14-18-26(19-15-24)34-36-30-9-2-4-11-32(30)40-34/h1-20H,21-22H2. The Hall–Kier alpha value is -4.52. The summed E-state index contributed by atoms with van der Waals surface area (Å²) in [4.78, 5) is 9.50. The van der Waals surface area contributed by atoms with Crippen molar-refractivity contribution in [3.8, 4) is 32.6 Å². The molecule has 0 aliphatic heterocycles. The zero-order valence-corrected chi connectivity index (χ0v) is 23.1. The smallest absolute Gasteiger partial charge is 0.124 e. The Morgan fingerprint density at radius 1 is 0.475 bits per heavy atom. The maximum atomic E-state index is 6.07. The first kappa shape index (κ1) is 24.5. The zero-order chi connectivity index (χ0) is 26.7. The van der Waals surface area contributed by atoms with Gasteiger partial charge in [0.25, 0.3) is 0 Å². The monoisotopic (exact) mass is 556 g/mol. The Balaban J connectivity index is 0.953. The molecule has 4 nitrogen and oxygen atoms in total. The predicted octanol–water partition coefficient (Wildman–Crippen LogP) is 9.40. The highest BCUT2D eigenvalue weighted by Gasteiger charge is 2.08. The number of benzene rings is 5. The van der Waals surface area contributed by atoms with Gasteiger partial charge < -0.3 is 9.47 Å². The summed E-state index contributed by atoms with van der Waals surface area (Å²) in [6.07, 6.45) is 0. The molecule has 5 aromatic carbocycles. The van der Waals surface area contributed by atoms with Crippen LogP contribution in [0.2, 0.25) is 0 Å². The minimum Gasteiger partial charge on any atom is -0.489 e. The lowest BCUT2D eigenvalue weighted by molar-refractivity contribution is 0.290. The maximum Gasteiger partial charge on any atom is 0.124 e. The van der Waals surface area contributed by atoms with E-state index in [9.17, 15) is 0 Å². The Morgan fingerprint density at radius 2 is 0.925 bits per heavy atom. The van der Waals surface area contributed by atoms with Crippen LogP contribution >= 0.6 is 22.7 Å². The molecule has 7 rings (SSSR count). The van der Waals surface area contributed by atoms with E-state index in [1.165, 1.54) is 9.40 Å². The molecule has 2 heterocycles. The number of nitrogens with zero attached hydrogens (tertiary/aromatic N) is 2. The first-order chi connectivity index (χ1) is 19.8. The molecule has 0 saturated carbocycles. The van der Waals surface area contributed by atoms with Gasteiger partial charge in [-0.3, -0.25) is 0 Å². The molecule has 2 aromatic heterocycles. The van der Waals surface area contributed by atoms with E-state index in [2.05, 4.69) is 72.8 Å². The molecule has 0 unspecified atom stereocenters. The highest BCUT2D eigenvalue weighted by atomic mass is 32.1. The van der Waals surface area contributed by atoms with E-state index in [1.54, 1.807) is 22.7 Å². The average Bonchev–Trinajstić information content (AvgIpc) is 3.65. The van der Waals surface area contributed by atoms with Gasteiger partial charge in [0.2, 0.25) is 0 Å². The zero-order valence-electron chi connectivity index (χ0n) is 21.5. The number of aromatic nitrogens is 2. The largest absolute Gasteiger partial charge is 0.489 e. The summed E-state index contributed by atoms with van der Waals surface area (Å²) in [5, 5.41) is 2.06. The van der Waals surface area contributed by atoms with Crippen molar-refractivity contribution in [1.29, 1.82) is 0 Å². The van der Waals surface area contributed by atoms with E-state index >= 15 is 0 Å². The van der Waals surface area contributed by atoms with Crippen LogP contribution in [0.5, 0.6) is 11.5 Å². The first-order valence-electron chi connectivity index (χ1n) is 13.0. The van der Waals surface area contributed by atoms with Gasteiger partial charge in [-0.15, -0.1) is 22.7 Å². The van der Waals surface area contributed by atoms with Gasteiger partial charge in [-0.05, 0) is 47.5 Å². The van der Waals surface area contributed by atoms with Crippen LogP contribution in [0.4, 0.5) is 0 Å². The van der Waals surface area contributed by atoms with Crippen molar-refractivity contribution in [2.45, 2.75) is 13.2 Å². The summed E-state index contributed by atoms with van der Waals surface area (Å²) < 4.78 is 14.5. The molecule has 0 fully saturated rings. The second kappa shape index (κ2) is 10.9. The van der Waals surface area contributed by atoms with Crippen LogP contribution in [-0.2, 0) is 13.2 Å². The summed E-state index contributed by atoms with van der Waals surface area (Å²) in [5.41, 5.74) is 6.52. The highest BCUT2D eigenvalue weighted by Crippen LogP contribution is 2.31. The molecule has 0 atom stereocenters. The fourth-order valence-corrected chi connectivity index (χ4v) is 6.41. The van der Waals surface area contributed by atoms with E-state index in [4.69, 9.17) is 19.4 Å². The molecule has 0 amide bonds. The Labute approximate surface area is 240 Å². The van der Waals surface area contributed by atoms with E-state index < -0.39 is 0 Å². The molecule has 0 radical (unpaired) electrons. The average molecular weight is 557 g/mol. The molecule has 7 aromatic rings. The van der Waals surface area contributed by atoms with Crippen LogP contribution in [0.15, 0.2) is 121 Å². The van der Waals surface area contributed by atoms with Crippen molar-refractivity contribution in [2.75, 3.05) is 0 Å². The fourth-order valence-electron chi connectivity index (χ4n) is 4.47. The third kappa shape index (κ3) is 5.32. The minimum absolute atomic E-state index is 0.483. The topological polar surface area (TPSA) is 44.2 Å². The number of hydrogen-bond acceptors (Lipinski definition) is 6. The van der Waals surface area contributed by atoms with Gasteiger partial charge >= 0.3 is 0 Å². The Kier molecular flexibility index (Phi) is 6.70.